The van der Waals surface area contributed by atoms with E-state index in [1.54, 1.807) is 11.3 Å². The van der Waals surface area contributed by atoms with Gasteiger partial charge in [-0.15, -0.1) is 11.3 Å². The lowest BCUT2D eigenvalue weighted by molar-refractivity contribution is -0.136. The molecule has 0 spiro atoms. The van der Waals surface area contributed by atoms with Crippen molar-refractivity contribution in [3.05, 3.63) is 47.3 Å². The van der Waals surface area contributed by atoms with Crippen LogP contribution in [-0.4, -0.2) is 11.1 Å². The van der Waals surface area contributed by atoms with Gasteiger partial charge in [-0.25, -0.2) is 0 Å². The van der Waals surface area contributed by atoms with E-state index in [1.165, 1.54) is 5.39 Å². The molecule has 0 amide bonds. The molecule has 0 fully saturated rings. The first-order chi connectivity index (χ1) is 8.25. The van der Waals surface area contributed by atoms with Crippen LogP contribution in [0.5, 0.6) is 0 Å². The van der Waals surface area contributed by atoms with Crippen molar-refractivity contribution in [2.75, 3.05) is 0 Å². The van der Waals surface area contributed by atoms with Crippen LogP contribution in [0.15, 0.2) is 41.8 Å². The first-order valence-electron chi connectivity index (χ1n) is 5.35. The van der Waals surface area contributed by atoms with Crippen molar-refractivity contribution in [1.82, 2.24) is 0 Å². The molecule has 3 heteroatoms. The van der Waals surface area contributed by atoms with Crippen molar-refractivity contribution >= 4 is 38.2 Å². The van der Waals surface area contributed by atoms with Gasteiger partial charge >= 0.3 is 5.97 Å². The van der Waals surface area contributed by atoms with E-state index in [1.807, 2.05) is 29.6 Å². The average Bonchev–Trinajstić information content (AvgIpc) is 2.78. The van der Waals surface area contributed by atoms with E-state index in [2.05, 4.69) is 12.1 Å². The molecular formula is C14H10O2S. The Labute approximate surface area is 102 Å². The van der Waals surface area contributed by atoms with Crippen LogP contribution in [0.4, 0.5) is 0 Å². The van der Waals surface area contributed by atoms with Crippen molar-refractivity contribution in [3.8, 4) is 0 Å². The number of fused-ring (bicyclic) bond motifs is 3. The van der Waals surface area contributed by atoms with E-state index < -0.39 is 5.97 Å². The molecule has 2 aromatic carbocycles. The van der Waals surface area contributed by atoms with E-state index in [4.69, 9.17) is 5.11 Å². The normalized spacial score (nSPS) is 11.1. The van der Waals surface area contributed by atoms with Crippen LogP contribution in [0, 0.1) is 0 Å². The van der Waals surface area contributed by atoms with Gasteiger partial charge in [0.1, 0.15) is 0 Å². The summed E-state index contributed by atoms with van der Waals surface area (Å²) in [6.07, 6.45) is 0.0852. The lowest BCUT2D eigenvalue weighted by Gasteiger charge is -2.04. The van der Waals surface area contributed by atoms with Gasteiger partial charge in [0.05, 0.1) is 6.42 Å². The zero-order valence-corrected chi connectivity index (χ0v) is 9.83. The van der Waals surface area contributed by atoms with Crippen molar-refractivity contribution in [3.63, 3.8) is 0 Å². The van der Waals surface area contributed by atoms with Gasteiger partial charge in [0.2, 0.25) is 0 Å². The van der Waals surface area contributed by atoms with Gasteiger partial charge in [-0.3, -0.25) is 4.79 Å². The minimum absolute atomic E-state index is 0.0852. The number of aliphatic carboxylic acids is 1. The summed E-state index contributed by atoms with van der Waals surface area (Å²) in [6.45, 7) is 0. The van der Waals surface area contributed by atoms with Crippen LogP contribution in [-0.2, 0) is 11.2 Å². The Morgan fingerprint density at radius 1 is 1.18 bits per heavy atom. The molecule has 0 aliphatic heterocycles. The number of carbonyl (C=O) groups is 1. The second kappa shape index (κ2) is 3.86. The van der Waals surface area contributed by atoms with Gasteiger partial charge in [0, 0.05) is 10.1 Å². The summed E-state index contributed by atoms with van der Waals surface area (Å²) < 4.78 is 1.09. The second-order valence-electron chi connectivity index (χ2n) is 3.99. The quantitative estimate of drug-likeness (QED) is 0.744. The number of benzene rings is 2. The standard InChI is InChI=1S/C14H10O2S/c15-13(16)8-10-7-9-3-1-2-4-11(9)12-5-6-17-14(10)12/h1-7H,8H2,(H,15,16). The maximum atomic E-state index is 10.9. The summed E-state index contributed by atoms with van der Waals surface area (Å²) >= 11 is 1.61. The van der Waals surface area contributed by atoms with Crippen molar-refractivity contribution in [1.29, 1.82) is 0 Å². The Morgan fingerprint density at radius 2 is 2.00 bits per heavy atom. The molecule has 0 atom stereocenters. The molecule has 0 bridgehead atoms. The lowest BCUT2D eigenvalue weighted by Crippen LogP contribution is -2.00. The van der Waals surface area contributed by atoms with Crippen LogP contribution in [0.25, 0.3) is 20.9 Å². The number of thiophene rings is 1. The lowest BCUT2D eigenvalue weighted by atomic mass is 10.0. The highest BCUT2D eigenvalue weighted by molar-refractivity contribution is 7.17. The SMILES string of the molecule is O=C(O)Cc1cc2ccccc2c2ccsc12. The molecular weight excluding hydrogens is 232 g/mol. The first-order valence-corrected chi connectivity index (χ1v) is 6.23. The number of carboxylic acids is 1. The number of rotatable bonds is 2. The fourth-order valence-corrected chi connectivity index (χ4v) is 3.11. The van der Waals surface area contributed by atoms with Crippen molar-refractivity contribution < 1.29 is 9.90 Å². The van der Waals surface area contributed by atoms with Gasteiger partial charge in [0.25, 0.3) is 0 Å². The van der Waals surface area contributed by atoms with Crippen LogP contribution >= 0.6 is 11.3 Å². The Balaban J connectivity index is 2.39. The molecule has 0 aliphatic rings. The third-order valence-electron chi connectivity index (χ3n) is 2.88. The van der Waals surface area contributed by atoms with Gasteiger partial charge in [-0.1, -0.05) is 24.3 Å². The second-order valence-corrected chi connectivity index (χ2v) is 4.91. The maximum absolute atomic E-state index is 10.9. The summed E-state index contributed by atoms with van der Waals surface area (Å²) in [7, 11) is 0. The summed E-state index contributed by atoms with van der Waals surface area (Å²) in [4.78, 5) is 10.9. The highest BCUT2D eigenvalue weighted by Crippen LogP contribution is 2.32. The van der Waals surface area contributed by atoms with Crippen LogP contribution < -0.4 is 0 Å². The largest absolute Gasteiger partial charge is 0.481 e. The Morgan fingerprint density at radius 3 is 2.82 bits per heavy atom. The van der Waals surface area contributed by atoms with Gasteiger partial charge in [-0.2, -0.15) is 0 Å². The van der Waals surface area contributed by atoms with Crippen LogP contribution in [0.2, 0.25) is 0 Å². The molecule has 1 heterocycles. The monoisotopic (exact) mass is 242 g/mol. The number of carboxylic acid groups (broad SMARTS) is 1. The van der Waals surface area contributed by atoms with Crippen LogP contribution in [0.1, 0.15) is 5.56 Å². The molecule has 0 radical (unpaired) electrons. The molecule has 17 heavy (non-hydrogen) atoms. The Bertz CT molecular complexity index is 712. The molecule has 3 rings (SSSR count). The van der Waals surface area contributed by atoms with E-state index in [9.17, 15) is 4.79 Å². The molecule has 1 N–H and O–H groups in total. The fourth-order valence-electron chi connectivity index (χ4n) is 2.19. The topological polar surface area (TPSA) is 37.3 Å². The van der Waals surface area contributed by atoms with Gasteiger partial charge in [0.15, 0.2) is 0 Å². The smallest absolute Gasteiger partial charge is 0.307 e. The van der Waals surface area contributed by atoms with E-state index in [0.717, 1.165) is 21.0 Å². The summed E-state index contributed by atoms with van der Waals surface area (Å²) in [5.41, 5.74) is 0.904. The van der Waals surface area contributed by atoms with E-state index in [0.29, 0.717) is 0 Å². The fraction of sp³-hybridized carbons (Fsp3) is 0.0714. The first kappa shape index (κ1) is 10.3. The third-order valence-corrected chi connectivity index (χ3v) is 3.87. The maximum Gasteiger partial charge on any atom is 0.307 e. The summed E-state index contributed by atoms with van der Waals surface area (Å²) in [6, 6.07) is 12.1. The zero-order chi connectivity index (χ0) is 11.8. The zero-order valence-electron chi connectivity index (χ0n) is 9.01. The predicted molar refractivity (Wildman–Crippen MR) is 70.7 cm³/mol. The van der Waals surface area contributed by atoms with Crippen molar-refractivity contribution in [2.24, 2.45) is 0 Å². The molecule has 0 saturated carbocycles. The van der Waals surface area contributed by atoms with Gasteiger partial charge in [-0.05, 0) is 33.8 Å². The highest BCUT2D eigenvalue weighted by atomic mass is 32.1. The molecule has 1 aromatic heterocycles. The summed E-state index contributed by atoms with van der Waals surface area (Å²) in [5.74, 6) is -0.782. The van der Waals surface area contributed by atoms with E-state index in [-0.39, 0.29) is 6.42 Å². The molecule has 84 valence electrons. The molecule has 2 nitrogen and oxygen atoms in total. The highest BCUT2D eigenvalue weighted by Gasteiger charge is 2.10. The van der Waals surface area contributed by atoms with Crippen molar-refractivity contribution in [2.45, 2.75) is 6.42 Å². The molecule has 3 aromatic rings. The minimum atomic E-state index is -0.782. The van der Waals surface area contributed by atoms with Crippen LogP contribution in [0.3, 0.4) is 0 Å². The average molecular weight is 242 g/mol. The van der Waals surface area contributed by atoms with E-state index >= 15 is 0 Å². The predicted octanol–water partition coefficient (Wildman–Crippen LogP) is 3.68. The number of hydrogen-bond donors (Lipinski definition) is 1. The minimum Gasteiger partial charge on any atom is -0.481 e. The molecule has 0 aliphatic carbocycles. The third kappa shape index (κ3) is 1.68. The molecule has 0 saturated heterocycles. The Kier molecular flexibility index (Phi) is 2.34. The Hall–Kier alpha value is -1.87. The van der Waals surface area contributed by atoms with Gasteiger partial charge < -0.3 is 5.11 Å². The summed E-state index contributed by atoms with van der Waals surface area (Å²) in [5, 5.41) is 14.4. The number of hydrogen-bond acceptors (Lipinski definition) is 2. The molecule has 0 unspecified atom stereocenters.